The lowest BCUT2D eigenvalue weighted by Gasteiger charge is -2.18. The van der Waals surface area contributed by atoms with Gasteiger partial charge in [0.25, 0.3) is 15.9 Å². The van der Waals surface area contributed by atoms with E-state index >= 15 is 0 Å². The summed E-state index contributed by atoms with van der Waals surface area (Å²) in [6.07, 6.45) is 0. The van der Waals surface area contributed by atoms with Crippen LogP contribution >= 0.6 is 11.6 Å². The molecule has 0 unspecified atom stereocenters. The van der Waals surface area contributed by atoms with Crippen LogP contribution in [0.15, 0.2) is 77.7 Å². The van der Waals surface area contributed by atoms with Crippen molar-refractivity contribution >= 4 is 38.9 Å². The van der Waals surface area contributed by atoms with Crippen molar-refractivity contribution in [2.75, 3.05) is 23.8 Å². The molecule has 1 N–H and O–H groups in total. The molecular weight excluding hydrogens is 412 g/mol. The van der Waals surface area contributed by atoms with Gasteiger partial charge in [0.05, 0.1) is 28.3 Å². The fourth-order valence-corrected chi connectivity index (χ4v) is 3.98. The summed E-state index contributed by atoms with van der Waals surface area (Å²) in [7, 11) is -0.658. The molecule has 6 nitrogen and oxygen atoms in total. The Morgan fingerprint density at radius 3 is 2.24 bits per heavy atom. The molecular formula is C21H19ClN2O4S. The minimum atomic E-state index is -3.81. The van der Waals surface area contributed by atoms with Gasteiger partial charge in [-0.15, -0.1) is 0 Å². The fourth-order valence-electron chi connectivity index (χ4n) is 2.67. The highest BCUT2D eigenvalue weighted by Crippen LogP contribution is 2.26. The summed E-state index contributed by atoms with van der Waals surface area (Å²) < 4.78 is 32.6. The lowest BCUT2D eigenvalue weighted by atomic mass is 10.1. The normalized spacial score (nSPS) is 11.0. The van der Waals surface area contributed by atoms with Crippen molar-refractivity contribution in [3.05, 3.63) is 83.4 Å². The Hall–Kier alpha value is -3.03. The van der Waals surface area contributed by atoms with Crippen LogP contribution in [-0.4, -0.2) is 28.5 Å². The standard InChI is InChI=1S/C21H19ClN2O4S/c1-24(16-6-4-3-5-7-16)21(25)19-13-8-15(14-20(19)22)23-29(26,27)18-11-9-17(28-2)10-12-18/h3-14,23H,1-2H3. The first-order valence-corrected chi connectivity index (χ1v) is 10.5. The Morgan fingerprint density at radius 2 is 1.66 bits per heavy atom. The number of halogens is 1. The molecule has 0 aliphatic carbocycles. The lowest BCUT2D eigenvalue weighted by molar-refractivity contribution is 0.0993. The van der Waals surface area contributed by atoms with Crippen LogP contribution in [0.1, 0.15) is 10.4 Å². The molecule has 3 aromatic carbocycles. The topological polar surface area (TPSA) is 75.7 Å². The quantitative estimate of drug-likeness (QED) is 0.627. The van der Waals surface area contributed by atoms with Crippen molar-refractivity contribution in [2.24, 2.45) is 0 Å². The smallest absolute Gasteiger partial charge is 0.261 e. The Balaban J connectivity index is 1.81. The van der Waals surface area contributed by atoms with Gasteiger partial charge >= 0.3 is 0 Å². The number of para-hydroxylation sites is 1. The van der Waals surface area contributed by atoms with Gasteiger partial charge in [0, 0.05) is 12.7 Å². The SMILES string of the molecule is COc1ccc(S(=O)(=O)Nc2ccc(C(=O)N(C)c3ccccc3)c(Cl)c2)cc1. The molecule has 0 atom stereocenters. The Morgan fingerprint density at radius 1 is 1.00 bits per heavy atom. The number of nitrogens with zero attached hydrogens (tertiary/aromatic N) is 1. The maximum Gasteiger partial charge on any atom is 0.261 e. The van der Waals surface area contributed by atoms with E-state index in [9.17, 15) is 13.2 Å². The van der Waals surface area contributed by atoms with Crippen LogP contribution in [0.2, 0.25) is 5.02 Å². The molecule has 0 heterocycles. The van der Waals surface area contributed by atoms with E-state index in [1.54, 1.807) is 19.2 Å². The molecule has 1 amide bonds. The highest BCUT2D eigenvalue weighted by Gasteiger charge is 2.19. The number of hydrogen-bond donors (Lipinski definition) is 1. The van der Waals surface area contributed by atoms with E-state index in [-0.39, 0.29) is 27.1 Å². The molecule has 29 heavy (non-hydrogen) atoms. The molecule has 0 aromatic heterocycles. The van der Waals surface area contributed by atoms with Crippen LogP contribution < -0.4 is 14.4 Å². The largest absolute Gasteiger partial charge is 0.497 e. The number of carbonyl (C=O) groups is 1. The van der Waals surface area contributed by atoms with Crippen LogP contribution in [0.3, 0.4) is 0 Å². The Bertz CT molecular complexity index is 1120. The third-order valence-corrected chi connectivity index (χ3v) is 5.98. The summed E-state index contributed by atoms with van der Waals surface area (Å²) in [5.74, 6) is 0.253. The van der Waals surface area contributed by atoms with Gasteiger partial charge in [0.1, 0.15) is 5.75 Å². The molecule has 0 saturated heterocycles. The molecule has 0 bridgehead atoms. The molecule has 0 fully saturated rings. The predicted octanol–water partition coefficient (Wildman–Crippen LogP) is 4.43. The van der Waals surface area contributed by atoms with Gasteiger partial charge in [-0.2, -0.15) is 0 Å². The van der Waals surface area contributed by atoms with Crippen LogP contribution in [0, 0.1) is 0 Å². The number of carbonyl (C=O) groups excluding carboxylic acids is 1. The van der Waals surface area contributed by atoms with Crippen molar-refractivity contribution in [2.45, 2.75) is 4.90 Å². The van der Waals surface area contributed by atoms with E-state index in [0.717, 1.165) is 5.69 Å². The second-order valence-electron chi connectivity index (χ2n) is 6.18. The van der Waals surface area contributed by atoms with Gasteiger partial charge in [-0.25, -0.2) is 8.42 Å². The minimum absolute atomic E-state index is 0.0818. The maximum absolute atomic E-state index is 12.7. The molecule has 8 heteroatoms. The predicted molar refractivity (Wildman–Crippen MR) is 114 cm³/mol. The summed E-state index contributed by atoms with van der Waals surface area (Å²) in [5.41, 5.74) is 1.24. The van der Waals surface area contributed by atoms with Crippen molar-refractivity contribution < 1.29 is 17.9 Å². The monoisotopic (exact) mass is 430 g/mol. The Labute approximate surface area is 174 Å². The number of ether oxygens (including phenoxy) is 1. The van der Waals surface area contributed by atoms with Crippen molar-refractivity contribution in [1.82, 2.24) is 0 Å². The first kappa shape index (κ1) is 20.7. The van der Waals surface area contributed by atoms with Crippen LogP contribution in [0.5, 0.6) is 5.75 Å². The zero-order chi connectivity index (χ0) is 21.0. The Kier molecular flexibility index (Phi) is 6.10. The molecule has 0 radical (unpaired) electrons. The van der Waals surface area contributed by atoms with Crippen molar-refractivity contribution in [3.63, 3.8) is 0 Å². The summed E-state index contributed by atoms with van der Waals surface area (Å²) >= 11 is 6.27. The number of benzene rings is 3. The number of nitrogens with one attached hydrogen (secondary N) is 1. The average molecular weight is 431 g/mol. The average Bonchev–Trinajstić information content (AvgIpc) is 2.73. The summed E-state index contributed by atoms with van der Waals surface area (Å²) in [4.78, 5) is 14.3. The van der Waals surface area contributed by atoms with Gasteiger partial charge < -0.3 is 9.64 Å². The zero-order valence-electron chi connectivity index (χ0n) is 15.8. The second-order valence-corrected chi connectivity index (χ2v) is 8.26. The van der Waals surface area contributed by atoms with Gasteiger partial charge in [-0.1, -0.05) is 29.8 Å². The van der Waals surface area contributed by atoms with Gasteiger partial charge in [0.2, 0.25) is 0 Å². The highest BCUT2D eigenvalue weighted by atomic mass is 35.5. The van der Waals surface area contributed by atoms with Gasteiger partial charge in [-0.3, -0.25) is 9.52 Å². The molecule has 150 valence electrons. The van der Waals surface area contributed by atoms with Crippen molar-refractivity contribution in [1.29, 1.82) is 0 Å². The van der Waals surface area contributed by atoms with E-state index in [1.807, 2.05) is 30.3 Å². The minimum Gasteiger partial charge on any atom is -0.497 e. The number of anilines is 2. The van der Waals surface area contributed by atoms with E-state index in [4.69, 9.17) is 16.3 Å². The number of rotatable bonds is 6. The molecule has 0 saturated carbocycles. The fraction of sp³-hybridized carbons (Fsp3) is 0.0952. The first-order chi connectivity index (χ1) is 13.8. The first-order valence-electron chi connectivity index (χ1n) is 8.61. The zero-order valence-corrected chi connectivity index (χ0v) is 17.4. The molecule has 3 rings (SSSR count). The maximum atomic E-state index is 12.7. The third-order valence-electron chi connectivity index (χ3n) is 4.27. The van der Waals surface area contributed by atoms with E-state index < -0.39 is 10.0 Å². The lowest BCUT2D eigenvalue weighted by Crippen LogP contribution is -2.26. The van der Waals surface area contributed by atoms with Gasteiger partial charge in [0.15, 0.2) is 0 Å². The third kappa shape index (κ3) is 4.70. The van der Waals surface area contributed by atoms with Crippen LogP contribution in [0.4, 0.5) is 11.4 Å². The summed E-state index contributed by atoms with van der Waals surface area (Å²) in [6.45, 7) is 0. The number of amides is 1. The molecule has 3 aromatic rings. The van der Waals surface area contributed by atoms with E-state index in [2.05, 4.69) is 4.72 Å². The molecule has 0 spiro atoms. The second kappa shape index (κ2) is 8.55. The number of hydrogen-bond acceptors (Lipinski definition) is 4. The van der Waals surface area contributed by atoms with Crippen LogP contribution in [-0.2, 0) is 10.0 Å². The summed E-state index contributed by atoms with van der Waals surface area (Å²) in [6, 6.07) is 19.5. The van der Waals surface area contributed by atoms with Crippen molar-refractivity contribution in [3.8, 4) is 5.75 Å². The van der Waals surface area contributed by atoms with Gasteiger partial charge in [-0.05, 0) is 54.6 Å². The number of methoxy groups -OCH3 is 1. The van der Waals surface area contributed by atoms with E-state index in [0.29, 0.717) is 5.75 Å². The highest BCUT2D eigenvalue weighted by molar-refractivity contribution is 7.92. The summed E-state index contributed by atoms with van der Waals surface area (Å²) in [5, 5.41) is 0.146. The molecule has 0 aliphatic heterocycles. The van der Waals surface area contributed by atoms with Crippen LogP contribution in [0.25, 0.3) is 0 Å². The van der Waals surface area contributed by atoms with E-state index in [1.165, 1.54) is 42.3 Å². The molecule has 0 aliphatic rings. The number of sulfonamides is 1.